The minimum Gasteiger partial charge on any atom is -0.307 e. The second-order valence-corrected chi connectivity index (χ2v) is 31.0. The Bertz CT molecular complexity index is 8320. The van der Waals surface area contributed by atoms with Crippen molar-refractivity contribution in [1.82, 2.24) is 47.3 Å². The summed E-state index contributed by atoms with van der Waals surface area (Å²) in [6, 6.07) is 134. The number of pyridine rings is 1. The zero-order valence-electron chi connectivity index (χ0n) is 62.5. The number of hydrogen-bond acceptors (Lipinski definition) is 4. The van der Waals surface area contributed by atoms with Crippen LogP contribution in [0.25, 0.3) is 222 Å². The van der Waals surface area contributed by atoms with E-state index in [2.05, 4.69) is 391 Å². The van der Waals surface area contributed by atoms with Crippen LogP contribution in [0.4, 0.5) is 0 Å². The summed E-state index contributed by atoms with van der Waals surface area (Å²) in [7, 11) is 0. The molecule has 2 aliphatic rings. The van der Waals surface area contributed by atoms with Gasteiger partial charge in [-0.2, -0.15) is 0 Å². The fraction of sp³-hybridized carbons (Fsp3) is 0.0189. The minimum absolute atomic E-state index is 0.457. The Morgan fingerprint density at radius 2 is 0.466 bits per heavy atom. The monoisotopic (exact) mass is 1480 g/mol. The van der Waals surface area contributed by atoms with Gasteiger partial charge in [0.25, 0.3) is 0 Å². The predicted molar refractivity (Wildman–Crippen MR) is 476 cm³/mol. The lowest BCUT2D eigenvalue weighted by Crippen LogP contribution is -2.18. The molecule has 0 saturated carbocycles. The van der Waals surface area contributed by atoms with Crippen LogP contribution in [0.5, 0.6) is 0 Å². The minimum atomic E-state index is 0.457. The van der Waals surface area contributed by atoms with Crippen LogP contribution in [0.3, 0.4) is 0 Å². The van der Waals surface area contributed by atoms with Gasteiger partial charge in [-0.05, 0) is 105 Å². The van der Waals surface area contributed by atoms with Crippen molar-refractivity contribution < 1.29 is 0 Å². The predicted octanol–water partition coefficient (Wildman–Crippen LogP) is 26.0. The summed E-state index contributed by atoms with van der Waals surface area (Å²) >= 11 is 0. The van der Waals surface area contributed by atoms with Crippen LogP contribution in [0.2, 0.25) is 0 Å². The van der Waals surface area contributed by atoms with Gasteiger partial charge in [0, 0.05) is 100.0 Å². The van der Waals surface area contributed by atoms with Crippen LogP contribution < -0.4 is 0 Å². The molecule has 16 aromatic carbocycles. The quantitative estimate of drug-likeness (QED) is 0.144. The average Bonchev–Trinajstić information content (AvgIpc) is 1.52. The third-order valence-electron chi connectivity index (χ3n) is 25.1. The molecule has 0 aliphatic heterocycles. The van der Waals surface area contributed by atoms with Crippen molar-refractivity contribution in [2.45, 2.75) is 12.8 Å². The van der Waals surface area contributed by atoms with Crippen LogP contribution in [0.15, 0.2) is 364 Å². The van der Waals surface area contributed by atoms with Gasteiger partial charge in [-0.15, -0.1) is 0 Å². The van der Waals surface area contributed by atoms with Gasteiger partial charge in [0.1, 0.15) is 11.4 Å². The first-order valence-electron chi connectivity index (χ1n) is 39.9. The summed E-state index contributed by atoms with van der Waals surface area (Å²) < 4.78 is 15.3. The molecular formula is C106H64N10. The first kappa shape index (κ1) is 63.2. The molecule has 116 heavy (non-hydrogen) atoms. The summed E-state index contributed by atoms with van der Waals surface area (Å²) in [5.41, 5.74) is 28.4. The molecule has 0 bridgehead atoms. The summed E-state index contributed by atoms with van der Waals surface area (Å²) in [5.74, 6) is 2.86. The van der Waals surface area contributed by atoms with E-state index in [4.69, 9.17) is 19.9 Å². The highest BCUT2D eigenvalue weighted by molar-refractivity contribution is 6.27. The molecule has 0 unspecified atom stereocenters. The van der Waals surface area contributed by atoms with Crippen molar-refractivity contribution in [2.75, 3.05) is 0 Å². The molecule has 0 fully saturated rings. The number of benzene rings is 16. The molecule has 0 atom stereocenters. The number of hydrogen-bond donors (Lipinski definition) is 0. The zero-order valence-corrected chi connectivity index (χ0v) is 62.5. The highest BCUT2D eigenvalue weighted by Gasteiger charge is 2.38. The largest absolute Gasteiger partial charge is 0.307 e. The number of fused-ring (bicyclic) bond motifs is 28. The lowest BCUT2D eigenvalue weighted by Gasteiger charge is -2.27. The standard InChI is InChI=1S/C106H64N10/c1-5-29-63(30-6-1)102-107-103(64-31-7-2-8-32-64)109-104(108-102)93-100(113-89-49-25-19-41-73(89)79-55-53-71-69-39-15-13-33-65(69)61-85(71)94(79)113)105(115-91-51-27-21-42-74(91)80-56-54-72-70-40-16-14-34-66(70)62-86(72)95(80)115)110-106(116-92-52-28-22-46-78(92)84-60-58-82-76-44-18-24-48-88(76)112(97(82)99(84)116)68-37-11-4-12-38-68)101(93)114-90-50-26-20-45-77(90)83-59-57-81-75-43-17-23-47-87(75)111(96(81)98(83)114)67-35-9-3-10-36-67/h1-60H,61-62H2. The van der Waals surface area contributed by atoms with Gasteiger partial charge >= 0.3 is 0 Å². The van der Waals surface area contributed by atoms with E-state index in [1.807, 2.05) is 0 Å². The Kier molecular flexibility index (Phi) is 13.1. The molecule has 0 N–H and O–H groups in total. The fourth-order valence-electron chi connectivity index (χ4n) is 20.4. The smallest absolute Gasteiger partial charge is 0.168 e. The number of aromatic nitrogens is 10. The van der Waals surface area contributed by atoms with E-state index < -0.39 is 0 Å². The van der Waals surface area contributed by atoms with Gasteiger partial charge in [-0.25, -0.2) is 19.9 Å². The van der Waals surface area contributed by atoms with E-state index in [1.165, 1.54) is 44.5 Å². The molecule has 2 aliphatic carbocycles. The number of rotatable bonds is 9. The summed E-state index contributed by atoms with van der Waals surface area (Å²) in [5, 5.41) is 13.3. The van der Waals surface area contributed by atoms with Crippen LogP contribution in [0, 0.1) is 0 Å². The summed E-state index contributed by atoms with van der Waals surface area (Å²) in [6.45, 7) is 0. The van der Waals surface area contributed by atoms with Gasteiger partial charge < -0.3 is 18.3 Å². The zero-order chi connectivity index (χ0) is 75.5. The van der Waals surface area contributed by atoms with E-state index in [0.29, 0.717) is 42.0 Å². The van der Waals surface area contributed by atoms with Crippen molar-refractivity contribution in [2.24, 2.45) is 0 Å². The maximum Gasteiger partial charge on any atom is 0.168 e. The average molecular weight is 1480 g/mol. The Hall–Kier alpha value is -15.5. The lowest BCUT2D eigenvalue weighted by atomic mass is 10.0. The normalized spacial score (nSPS) is 12.6. The van der Waals surface area contributed by atoms with Gasteiger partial charge in [0.15, 0.2) is 29.1 Å². The SMILES string of the molecule is c1ccc(-c2nc(-c3ccccc3)nc(-c3c(-n4c5ccccc5c5ccc6c(c54)Cc4ccccc4-6)c(-n4c5ccccc5c5ccc6c(c54)Cc4ccccc4-6)nc(-n4c5ccccc5c5ccc6c7ccccc7n(-c7ccccc7)c6c54)c3-n3c4ccccc4c4ccc5c6ccccc6n(-c6ccccc6)c5c43)n2)cc1. The number of para-hydroxylation sites is 8. The molecule has 0 radical (unpaired) electrons. The highest BCUT2D eigenvalue weighted by Crippen LogP contribution is 2.55. The maximum atomic E-state index is 7.12. The van der Waals surface area contributed by atoms with Crippen LogP contribution in [-0.4, -0.2) is 47.3 Å². The van der Waals surface area contributed by atoms with Crippen molar-refractivity contribution in [3.8, 4) is 90.8 Å². The van der Waals surface area contributed by atoms with Gasteiger partial charge in [-0.3, -0.25) is 9.13 Å². The second kappa shape index (κ2) is 24.0. The van der Waals surface area contributed by atoms with Crippen LogP contribution in [0.1, 0.15) is 22.3 Å². The maximum absolute atomic E-state index is 7.12. The van der Waals surface area contributed by atoms with Gasteiger partial charge in [0.2, 0.25) is 0 Å². The van der Waals surface area contributed by atoms with Crippen LogP contribution in [-0.2, 0) is 12.8 Å². The summed E-state index contributed by atoms with van der Waals surface area (Å²) in [4.78, 5) is 25.2. The van der Waals surface area contributed by atoms with Crippen LogP contribution >= 0.6 is 0 Å². The Morgan fingerprint density at radius 3 is 0.871 bits per heavy atom. The third-order valence-corrected chi connectivity index (χ3v) is 25.1. The molecule has 0 saturated heterocycles. The molecule has 0 amide bonds. The Labute approximate surface area is 663 Å². The number of nitrogens with zero attached hydrogens (tertiary/aromatic N) is 10. The lowest BCUT2D eigenvalue weighted by molar-refractivity contribution is 0.950. The molecule has 8 aromatic heterocycles. The van der Waals surface area contributed by atoms with E-state index in [0.717, 1.165) is 170 Å². The molecule has 10 heteroatoms. The molecule has 24 aromatic rings. The first-order chi connectivity index (χ1) is 57.6. The van der Waals surface area contributed by atoms with Crippen molar-refractivity contribution >= 4 is 131 Å². The molecule has 10 nitrogen and oxygen atoms in total. The van der Waals surface area contributed by atoms with E-state index >= 15 is 0 Å². The van der Waals surface area contributed by atoms with E-state index in [-0.39, 0.29) is 0 Å². The summed E-state index contributed by atoms with van der Waals surface area (Å²) in [6.07, 6.45) is 1.41. The van der Waals surface area contributed by atoms with E-state index in [9.17, 15) is 0 Å². The fourth-order valence-corrected chi connectivity index (χ4v) is 20.4. The Balaban J connectivity index is 0.997. The molecule has 8 heterocycles. The van der Waals surface area contributed by atoms with Crippen molar-refractivity contribution in [1.29, 1.82) is 0 Å². The van der Waals surface area contributed by atoms with Crippen molar-refractivity contribution in [3.05, 3.63) is 386 Å². The van der Waals surface area contributed by atoms with Gasteiger partial charge in [-0.1, -0.05) is 303 Å². The first-order valence-corrected chi connectivity index (χ1v) is 39.9. The topological polar surface area (TPSA) is 81.1 Å². The van der Waals surface area contributed by atoms with E-state index in [1.54, 1.807) is 0 Å². The molecule has 26 rings (SSSR count). The molecule has 0 spiro atoms. The highest BCUT2D eigenvalue weighted by atomic mass is 15.2. The van der Waals surface area contributed by atoms with Gasteiger partial charge in [0.05, 0.1) is 71.8 Å². The van der Waals surface area contributed by atoms with Crippen molar-refractivity contribution in [3.63, 3.8) is 0 Å². The second-order valence-electron chi connectivity index (χ2n) is 31.0. The Morgan fingerprint density at radius 1 is 0.190 bits per heavy atom. The molecule has 538 valence electrons. The molecular weight excluding hydrogens is 1410 g/mol. The third kappa shape index (κ3) is 8.67.